The standard InChI is InChI=1S/C27H21N4O2P/c32-27(31-20-2-1-3-22(16-20)33-21-10-13-28-14-11-21)18-4-6-19(7-5-18)30-26-12-15-29-25-9-8-23(34)17-24(25)26/h1-17H,34H2,(H,29,30)(H,31,32). The Bertz CT molecular complexity index is 1460. The Balaban J connectivity index is 1.27. The van der Waals surface area contributed by atoms with Crippen LogP contribution in [-0.2, 0) is 0 Å². The molecule has 5 rings (SSSR count). The molecule has 0 aliphatic rings. The molecule has 0 fully saturated rings. The van der Waals surface area contributed by atoms with E-state index in [4.69, 9.17) is 4.74 Å². The Labute approximate surface area is 199 Å². The van der Waals surface area contributed by atoms with Gasteiger partial charge in [0.1, 0.15) is 11.5 Å². The average Bonchev–Trinajstić information content (AvgIpc) is 2.86. The lowest BCUT2D eigenvalue weighted by Gasteiger charge is -2.11. The van der Waals surface area contributed by atoms with Gasteiger partial charge in [0.2, 0.25) is 0 Å². The molecule has 0 radical (unpaired) electrons. The number of anilines is 3. The second-order valence-electron chi connectivity index (χ2n) is 7.60. The van der Waals surface area contributed by atoms with Crippen molar-refractivity contribution in [2.75, 3.05) is 10.6 Å². The first kappa shape index (κ1) is 21.6. The molecule has 0 aliphatic heterocycles. The number of carbonyl (C=O) groups excluding carboxylic acids is 1. The van der Waals surface area contributed by atoms with Crippen molar-refractivity contribution in [1.82, 2.24) is 9.97 Å². The Kier molecular flexibility index (Phi) is 6.15. The lowest BCUT2D eigenvalue weighted by Crippen LogP contribution is -2.11. The van der Waals surface area contributed by atoms with E-state index in [1.165, 1.54) is 0 Å². The van der Waals surface area contributed by atoms with Crippen LogP contribution in [0, 0.1) is 0 Å². The monoisotopic (exact) mass is 464 g/mol. The topological polar surface area (TPSA) is 76.1 Å². The summed E-state index contributed by atoms with van der Waals surface area (Å²) >= 11 is 0. The third-order valence-electron chi connectivity index (χ3n) is 5.17. The molecule has 7 heteroatoms. The minimum atomic E-state index is -0.199. The molecule has 3 aromatic carbocycles. The minimum absolute atomic E-state index is 0.199. The molecule has 2 N–H and O–H groups in total. The zero-order chi connectivity index (χ0) is 23.3. The van der Waals surface area contributed by atoms with Crippen LogP contribution < -0.4 is 20.7 Å². The fourth-order valence-corrected chi connectivity index (χ4v) is 3.78. The molecule has 2 heterocycles. The summed E-state index contributed by atoms with van der Waals surface area (Å²) in [5.41, 5.74) is 3.96. The van der Waals surface area contributed by atoms with Gasteiger partial charge in [0.25, 0.3) is 5.91 Å². The van der Waals surface area contributed by atoms with Gasteiger partial charge >= 0.3 is 0 Å². The number of nitrogens with one attached hydrogen (secondary N) is 2. The molecule has 2 aromatic heterocycles. The number of hydrogen-bond acceptors (Lipinski definition) is 5. The highest BCUT2D eigenvalue weighted by atomic mass is 31.0. The molecule has 34 heavy (non-hydrogen) atoms. The van der Waals surface area contributed by atoms with Gasteiger partial charge in [0.05, 0.1) is 5.52 Å². The lowest BCUT2D eigenvalue weighted by molar-refractivity contribution is 0.102. The van der Waals surface area contributed by atoms with Crippen LogP contribution in [0.3, 0.4) is 0 Å². The summed E-state index contributed by atoms with van der Waals surface area (Å²) in [5, 5.41) is 8.46. The fourth-order valence-electron chi connectivity index (χ4n) is 3.52. The predicted molar refractivity (Wildman–Crippen MR) is 140 cm³/mol. The number of fused-ring (bicyclic) bond motifs is 1. The van der Waals surface area contributed by atoms with Gasteiger partial charge in [-0.05, 0) is 72.0 Å². The van der Waals surface area contributed by atoms with Crippen molar-refractivity contribution < 1.29 is 9.53 Å². The number of carbonyl (C=O) groups is 1. The first-order valence-electron chi connectivity index (χ1n) is 10.6. The van der Waals surface area contributed by atoms with Gasteiger partial charge in [-0.15, -0.1) is 9.24 Å². The Morgan fingerprint density at radius 2 is 1.62 bits per heavy atom. The number of benzene rings is 3. The van der Waals surface area contributed by atoms with E-state index in [0.717, 1.165) is 27.6 Å². The third kappa shape index (κ3) is 5.03. The molecule has 0 aliphatic carbocycles. The Morgan fingerprint density at radius 3 is 2.44 bits per heavy atom. The van der Waals surface area contributed by atoms with Crippen LogP contribution in [0.25, 0.3) is 10.9 Å². The summed E-state index contributed by atoms with van der Waals surface area (Å²) in [6.07, 6.45) is 5.11. The molecule has 0 saturated heterocycles. The van der Waals surface area contributed by atoms with Crippen molar-refractivity contribution in [1.29, 1.82) is 0 Å². The van der Waals surface area contributed by atoms with E-state index < -0.39 is 0 Å². The summed E-state index contributed by atoms with van der Waals surface area (Å²) in [4.78, 5) is 21.2. The highest BCUT2D eigenvalue weighted by Crippen LogP contribution is 2.26. The van der Waals surface area contributed by atoms with Crippen LogP contribution in [0.15, 0.2) is 104 Å². The van der Waals surface area contributed by atoms with Gasteiger partial charge in [0.15, 0.2) is 0 Å². The first-order valence-corrected chi connectivity index (χ1v) is 11.2. The molecule has 0 spiro atoms. The molecule has 0 saturated carbocycles. The largest absolute Gasteiger partial charge is 0.457 e. The van der Waals surface area contributed by atoms with Gasteiger partial charge in [-0.25, -0.2) is 0 Å². The number of aromatic nitrogens is 2. The van der Waals surface area contributed by atoms with E-state index in [-0.39, 0.29) is 5.91 Å². The quantitative estimate of drug-likeness (QED) is 0.305. The molecule has 0 bridgehead atoms. The number of amides is 1. The van der Waals surface area contributed by atoms with Crippen molar-refractivity contribution >= 4 is 48.4 Å². The minimum Gasteiger partial charge on any atom is -0.457 e. The van der Waals surface area contributed by atoms with Gasteiger partial charge in [0, 0.05) is 52.7 Å². The second-order valence-corrected chi connectivity index (χ2v) is 8.27. The van der Waals surface area contributed by atoms with Gasteiger partial charge in [-0.1, -0.05) is 12.1 Å². The van der Waals surface area contributed by atoms with E-state index in [0.29, 0.717) is 22.7 Å². The molecular formula is C27H21N4O2P. The molecular weight excluding hydrogens is 443 g/mol. The molecule has 1 unspecified atom stereocenters. The van der Waals surface area contributed by atoms with Crippen molar-refractivity contribution in [2.45, 2.75) is 0 Å². The summed E-state index contributed by atoms with van der Waals surface area (Å²) < 4.78 is 5.81. The molecule has 1 atom stereocenters. The summed E-state index contributed by atoms with van der Waals surface area (Å²) in [5.74, 6) is 1.11. The van der Waals surface area contributed by atoms with Crippen molar-refractivity contribution in [3.8, 4) is 11.5 Å². The molecule has 1 amide bonds. The maximum absolute atomic E-state index is 12.8. The Morgan fingerprint density at radius 1 is 0.794 bits per heavy atom. The van der Waals surface area contributed by atoms with Crippen LogP contribution in [0.5, 0.6) is 11.5 Å². The third-order valence-corrected chi connectivity index (χ3v) is 5.53. The SMILES string of the molecule is O=C(Nc1cccc(Oc2ccncc2)c1)c1ccc(Nc2ccnc3ccc(P)cc23)cc1. The van der Waals surface area contributed by atoms with Crippen molar-refractivity contribution in [3.63, 3.8) is 0 Å². The zero-order valence-corrected chi connectivity index (χ0v) is 19.3. The van der Waals surface area contributed by atoms with Gasteiger partial charge in [-0.3, -0.25) is 14.8 Å². The van der Waals surface area contributed by atoms with Crippen LogP contribution in [0.1, 0.15) is 10.4 Å². The highest BCUT2D eigenvalue weighted by molar-refractivity contribution is 7.27. The average molecular weight is 464 g/mol. The van der Waals surface area contributed by atoms with E-state index in [1.807, 2.05) is 48.5 Å². The zero-order valence-electron chi connectivity index (χ0n) is 18.1. The summed E-state index contributed by atoms with van der Waals surface area (Å²) in [6, 6.07) is 26.2. The number of rotatable bonds is 6. The normalized spacial score (nSPS) is 10.6. The number of nitrogens with zero attached hydrogens (tertiary/aromatic N) is 2. The van der Waals surface area contributed by atoms with Crippen LogP contribution in [0.2, 0.25) is 0 Å². The van der Waals surface area contributed by atoms with E-state index >= 15 is 0 Å². The second kappa shape index (κ2) is 9.69. The lowest BCUT2D eigenvalue weighted by atomic mass is 10.1. The Hall–Kier alpha value is -4.28. The number of pyridine rings is 2. The molecule has 6 nitrogen and oxygen atoms in total. The maximum atomic E-state index is 12.8. The summed E-state index contributed by atoms with van der Waals surface area (Å²) in [6.45, 7) is 0. The van der Waals surface area contributed by atoms with Crippen LogP contribution in [0.4, 0.5) is 17.1 Å². The highest BCUT2D eigenvalue weighted by Gasteiger charge is 2.08. The summed E-state index contributed by atoms with van der Waals surface area (Å²) in [7, 11) is 2.71. The van der Waals surface area contributed by atoms with E-state index in [9.17, 15) is 4.79 Å². The van der Waals surface area contributed by atoms with Crippen molar-refractivity contribution in [3.05, 3.63) is 109 Å². The van der Waals surface area contributed by atoms with Crippen LogP contribution >= 0.6 is 9.24 Å². The molecule has 166 valence electrons. The van der Waals surface area contributed by atoms with Crippen LogP contribution in [-0.4, -0.2) is 15.9 Å². The first-order chi connectivity index (χ1) is 16.6. The maximum Gasteiger partial charge on any atom is 0.255 e. The predicted octanol–water partition coefficient (Wildman–Crippen LogP) is 5.92. The van der Waals surface area contributed by atoms with Gasteiger partial charge in [-0.2, -0.15) is 0 Å². The van der Waals surface area contributed by atoms with Crippen molar-refractivity contribution in [2.24, 2.45) is 0 Å². The van der Waals surface area contributed by atoms with E-state index in [2.05, 4.69) is 35.9 Å². The fraction of sp³-hybridized carbons (Fsp3) is 0. The van der Waals surface area contributed by atoms with E-state index in [1.54, 1.807) is 48.9 Å². The van der Waals surface area contributed by atoms with Gasteiger partial charge < -0.3 is 15.4 Å². The smallest absolute Gasteiger partial charge is 0.255 e. The molecule has 5 aromatic rings. The number of ether oxygens (including phenoxy) is 1. The number of hydrogen-bond donors (Lipinski definition) is 2.